The maximum Gasteiger partial charge on any atom is 0.358 e. The highest BCUT2D eigenvalue weighted by atomic mass is 16.5. The number of carboxylic acid groups (broad SMARTS) is 1. The summed E-state index contributed by atoms with van der Waals surface area (Å²) in [5, 5.41) is 8.94. The number of hydrogen-bond acceptors (Lipinski definition) is 4. The first kappa shape index (κ1) is 18.7. The van der Waals surface area contributed by atoms with Crippen LogP contribution in [0.4, 0.5) is 0 Å². The highest BCUT2D eigenvalue weighted by molar-refractivity contribution is 5.92. The fourth-order valence-corrected chi connectivity index (χ4v) is 1.62. The zero-order chi connectivity index (χ0) is 16.4. The van der Waals surface area contributed by atoms with E-state index in [1.165, 1.54) is 0 Å². The molecule has 0 saturated carbocycles. The maximum atomic E-state index is 10.9. The summed E-state index contributed by atoms with van der Waals surface area (Å²) in [6.07, 6.45) is 1.12. The molecule has 5 nitrogen and oxygen atoms in total. The SMILES string of the molecule is CC.CC.COc1ccc(-c2ocnc2C(=O)O)cc1C. The third-order valence-electron chi connectivity index (χ3n) is 2.43. The normalized spacial score (nSPS) is 8.86. The van der Waals surface area contributed by atoms with Crippen molar-refractivity contribution >= 4 is 5.97 Å². The van der Waals surface area contributed by atoms with Gasteiger partial charge in [0.15, 0.2) is 17.8 Å². The number of ether oxygens (including phenoxy) is 1. The lowest BCUT2D eigenvalue weighted by Crippen LogP contribution is -1.98. The summed E-state index contributed by atoms with van der Waals surface area (Å²) in [5.41, 5.74) is 1.48. The zero-order valence-corrected chi connectivity index (χ0v) is 13.4. The molecule has 2 rings (SSSR count). The van der Waals surface area contributed by atoms with Gasteiger partial charge >= 0.3 is 5.97 Å². The largest absolute Gasteiger partial charge is 0.496 e. The Morgan fingerprint density at radius 1 is 1.24 bits per heavy atom. The second-order valence-electron chi connectivity index (χ2n) is 3.52. The van der Waals surface area contributed by atoms with Gasteiger partial charge in [0, 0.05) is 5.56 Å². The van der Waals surface area contributed by atoms with Crippen LogP contribution in [0.2, 0.25) is 0 Å². The molecule has 1 heterocycles. The van der Waals surface area contributed by atoms with E-state index in [1.807, 2.05) is 34.6 Å². The lowest BCUT2D eigenvalue weighted by Gasteiger charge is -2.05. The van der Waals surface area contributed by atoms with Crippen molar-refractivity contribution < 1.29 is 19.1 Å². The number of aromatic carboxylic acids is 1. The minimum absolute atomic E-state index is 0.0884. The fraction of sp³-hybridized carbons (Fsp3) is 0.375. The molecule has 0 spiro atoms. The lowest BCUT2D eigenvalue weighted by atomic mass is 10.1. The molecular weight excluding hydrogens is 270 g/mol. The number of aromatic nitrogens is 1. The predicted octanol–water partition coefficient (Wildman–Crippen LogP) is 4.41. The summed E-state index contributed by atoms with van der Waals surface area (Å²) in [7, 11) is 1.58. The molecular formula is C16H23NO4. The molecule has 2 aromatic rings. The summed E-state index contributed by atoms with van der Waals surface area (Å²) < 4.78 is 10.2. The number of rotatable bonds is 3. The van der Waals surface area contributed by atoms with Crippen LogP contribution in [-0.2, 0) is 0 Å². The van der Waals surface area contributed by atoms with Crippen molar-refractivity contribution in [2.75, 3.05) is 7.11 Å². The van der Waals surface area contributed by atoms with E-state index in [0.717, 1.165) is 17.7 Å². The minimum Gasteiger partial charge on any atom is -0.496 e. The van der Waals surface area contributed by atoms with Gasteiger partial charge in [0.2, 0.25) is 0 Å². The molecule has 0 fully saturated rings. The highest BCUT2D eigenvalue weighted by Gasteiger charge is 2.17. The zero-order valence-electron chi connectivity index (χ0n) is 13.4. The smallest absolute Gasteiger partial charge is 0.358 e. The third kappa shape index (κ3) is 4.63. The highest BCUT2D eigenvalue weighted by Crippen LogP contribution is 2.28. The van der Waals surface area contributed by atoms with Crippen molar-refractivity contribution in [1.82, 2.24) is 4.98 Å². The molecule has 1 aromatic heterocycles. The van der Waals surface area contributed by atoms with Crippen LogP contribution in [0.3, 0.4) is 0 Å². The number of oxazole rings is 1. The molecule has 0 aliphatic carbocycles. The Morgan fingerprint density at radius 3 is 2.33 bits per heavy atom. The van der Waals surface area contributed by atoms with Crippen molar-refractivity contribution in [1.29, 1.82) is 0 Å². The lowest BCUT2D eigenvalue weighted by molar-refractivity contribution is 0.0691. The summed E-state index contributed by atoms with van der Waals surface area (Å²) in [5.74, 6) is -0.115. The first-order chi connectivity index (χ1) is 10.1. The molecule has 5 heteroatoms. The van der Waals surface area contributed by atoms with Crippen molar-refractivity contribution in [3.63, 3.8) is 0 Å². The number of carbonyl (C=O) groups is 1. The number of methoxy groups -OCH3 is 1. The van der Waals surface area contributed by atoms with Gasteiger partial charge in [0.1, 0.15) is 5.75 Å². The van der Waals surface area contributed by atoms with Crippen LogP contribution in [0.5, 0.6) is 5.75 Å². The van der Waals surface area contributed by atoms with Gasteiger partial charge in [0.25, 0.3) is 0 Å². The summed E-state index contributed by atoms with van der Waals surface area (Å²) in [6, 6.07) is 5.30. The molecule has 0 radical (unpaired) electrons. The molecule has 0 aliphatic rings. The molecule has 1 aromatic carbocycles. The molecule has 0 aliphatic heterocycles. The van der Waals surface area contributed by atoms with Gasteiger partial charge in [-0.3, -0.25) is 0 Å². The number of hydrogen-bond donors (Lipinski definition) is 1. The molecule has 0 unspecified atom stereocenters. The number of nitrogens with zero attached hydrogens (tertiary/aromatic N) is 1. The van der Waals surface area contributed by atoms with E-state index in [-0.39, 0.29) is 11.5 Å². The minimum atomic E-state index is -1.11. The summed E-state index contributed by atoms with van der Waals surface area (Å²) in [4.78, 5) is 14.6. The van der Waals surface area contributed by atoms with Gasteiger partial charge in [0.05, 0.1) is 7.11 Å². The Bertz CT molecular complexity index is 561. The van der Waals surface area contributed by atoms with Crippen LogP contribution in [0.1, 0.15) is 43.7 Å². The fourth-order valence-electron chi connectivity index (χ4n) is 1.62. The van der Waals surface area contributed by atoms with Gasteiger partial charge in [-0.25, -0.2) is 9.78 Å². The van der Waals surface area contributed by atoms with E-state index in [1.54, 1.807) is 25.3 Å². The average molecular weight is 293 g/mol. The van der Waals surface area contributed by atoms with Gasteiger partial charge in [-0.2, -0.15) is 0 Å². The van der Waals surface area contributed by atoms with E-state index < -0.39 is 5.97 Å². The van der Waals surface area contributed by atoms with Gasteiger partial charge in [-0.1, -0.05) is 27.7 Å². The van der Waals surface area contributed by atoms with Crippen LogP contribution in [0.25, 0.3) is 11.3 Å². The Balaban J connectivity index is 0.000000921. The van der Waals surface area contributed by atoms with E-state index in [2.05, 4.69) is 4.98 Å². The monoisotopic (exact) mass is 293 g/mol. The topological polar surface area (TPSA) is 72.6 Å². The van der Waals surface area contributed by atoms with E-state index >= 15 is 0 Å². The Kier molecular flexibility index (Phi) is 8.53. The predicted molar refractivity (Wildman–Crippen MR) is 82.9 cm³/mol. The Morgan fingerprint density at radius 2 is 1.86 bits per heavy atom. The Hall–Kier alpha value is -2.30. The molecule has 21 heavy (non-hydrogen) atoms. The standard InChI is InChI=1S/C12H11NO4.2C2H6/c1-7-5-8(3-4-9(7)16-2)11-10(12(14)15)13-6-17-11;2*1-2/h3-6H,1-2H3,(H,14,15);2*1-2H3. The first-order valence-electron chi connectivity index (χ1n) is 6.95. The summed E-state index contributed by atoms with van der Waals surface area (Å²) >= 11 is 0. The van der Waals surface area contributed by atoms with Crippen LogP contribution >= 0.6 is 0 Å². The molecule has 0 atom stereocenters. The van der Waals surface area contributed by atoms with Crippen LogP contribution in [0.15, 0.2) is 29.0 Å². The van der Waals surface area contributed by atoms with Gasteiger partial charge in [-0.05, 0) is 30.7 Å². The van der Waals surface area contributed by atoms with Crippen molar-refractivity contribution in [2.24, 2.45) is 0 Å². The maximum absolute atomic E-state index is 10.9. The number of carboxylic acids is 1. The van der Waals surface area contributed by atoms with Gasteiger partial charge in [-0.15, -0.1) is 0 Å². The quantitative estimate of drug-likeness (QED) is 0.907. The molecule has 1 N–H and O–H groups in total. The van der Waals surface area contributed by atoms with Crippen molar-refractivity contribution in [2.45, 2.75) is 34.6 Å². The first-order valence-corrected chi connectivity index (χ1v) is 6.95. The number of benzene rings is 1. The Labute approximate surface area is 125 Å². The van der Waals surface area contributed by atoms with Crippen LogP contribution in [0, 0.1) is 6.92 Å². The van der Waals surface area contributed by atoms with E-state index in [4.69, 9.17) is 14.3 Å². The van der Waals surface area contributed by atoms with Crippen LogP contribution in [-0.4, -0.2) is 23.2 Å². The van der Waals surface area contributed by atoms with Crippen molar-refractivity contribution in [3.8, 4) is 17.1 Å². The summed E-state index contributed by atoms with van der Waals surface area (Å²) in [6.45, 7) is 9.87. The molecule has 0 amide bonds. The van der Waals surface area contributed by atoms with Crippen LogP contribution < -0.4 is 4.74 Å². The second kappa shape index (κ2) is 9.58. The molecule has 116 valence electrons. The third-order valence-corrected chi connectivity index (χ3v) is 2.43. The molecule has 0 bridgehead atoms. The van der Waals surface area contributed by atoms with Gasteiger partial charge < -0.3 is 14.3 Å². The van der Waals surface area contributed by atoms with E-state index in [0.29, 0.717) is 5.56 Å². The second-order valence-corrected chi connectivity index (χ2v) is 3.52. The average Bonchev–Trinajstić information content (AvgIpc) is 3.01. The molecule has 0 saturated heterocycles. The van der Waals surface area contributed by atoms with E-state index in [9.17, 15) is 4.79 Å². The number of aryl methyl sites for hydroxylation is 1. The van der Waals surface area contributed by atoms with Crippen molar-refractivity contribution in [3.05, 3.63) is 35.9 Å².